The fourth-order valence-electron chi connectivity index (χ4n) is 4.58. The lowest BCUT2D eigenvalue weighted by Crippen LogP contribution is -2.28. The van der Waals surface area contributed by atoms with Crippen LogP contribution < -0.4 is 0 Å². The quantitative estimate of drug-likeness (QED) is 0.0268. The summed E-state index contributed by atoms with van der Waals surface area (Å²) < 4.78 is 32.3. The molecule has 0 aliphatic carbocycles. The van der Waals surface area contributed by atoms with Gasteiger partial charge in [0, 0.05) is 12.8 Å². The van der Waals surface area contributed by atoms with Crippen molar-refractivity contribution < 1.29 is 47.8 Å². The molecule has 0 amide bonds. The van der Waals surface area contributed by atoms with Crippen molar-refractivity contribution in [2.75, 3.05) is 26.4 Å². The summed E-state index contributed by atoms with van der Waals surface area (Å²) in [7, 11) is -4.63. The van der Waals surface area contributed by atoms with Gasteiger partial charge >= 0.3 is 19.8 Å². The van der Waals surface area contributed by atoms with E-state index in [1.54, 1.807) is 0 Å². The second-order valence-electron chi connectivity index (χ2n) is 11.8. The van der Waals surface area contributed by atoms with Gasteiger partial charge in [0.15, 0.2) is 0 Å². The fourth-order valence-corrected chi connectivity index (χ4v) is 5.36. The van der Waals surface area contributed by atoms with Crippen molar-refractivity contribution >= 4 is 19.8 Å². The van der Waals surface area contributed by atoms with Gasteiger partial charge in [0.2, 0.25) is 0 Å². The normalized spacial score (nSPS) is 14.5. The summed E-state index contributed by atoms with van der Waals surface area (Å²) in [5.41, 5.74) is 0. The molecule has 0 aromatic rings. The van der Waals surface area contributed by atoms with Gasteiger partial charge in [0.25, 0.3) is 0 Å². The van der Waals surface area contributed by atoms with Crippen LogP contribution in [0.1, 0.15) is 149 Å². The molecule has 46 heavy (non-hydrogen) atoms. The predicted molar refractivity (Wildman–Crippen MR) is 182 cm³/mol. The number of esters is 2. The van der Waals surface area contributed by atoms with E-state index in [9.17, 15) is 29.3 Å². The Labute approximate surface area is 278 Å². The minimum absolute atomic E-state index is 0.181. The molecule has 0 heterocycles. The zero-order chi connectivity index (χ0) is 34.1. The van der Waals surface area contributed by atoms with Crippen molar-refractivity contribution in [2.45, 2.75) is 161 Å². The van der Waals surface area contributed by atoms with Crippen LogP contribution in [0, 0.1) is 0 Å². The number of carbonyl (C=O) groups is 2. The van der Waals surface area contributed by atoms with E-state index in [4.69, 9.17) is 18.5 Å². The number of unbranched alkanes of at least 4 members (excludes halogenated alkanes) is 15. The minimum Gasteiger partial charge on any atom is -0.457 e. The van der Waals surface area contributed by atoms with Crippen LogP contribution in [0.25, 0.3) is 0 Å². The van der Waals surface area contributed by atoms with Gasteiger partial charge in [-0.1, -0.05) is 102 Å². The number of phosphoric ester groups is 1. The smallest absolute Gasteiger partial charge is 0.457 e. The molecule has 0 fully saturated rings. The lowest BCUT2D eigenvalue weighted by molar-refractivity contribution is -0.153. The molecule has 0 spiro atoms. The van der Waals surface area contributed by atoms with Gasteiger partial charge in [-0.15, -0.1) is 0 Å². The molecule has 10 nitrogen and oxygen atoms in total. The average Bonchev–Trinajstić information content (AvgIpc) is 3.04. The maximum atomic E-state index is 12.3. The number of aliphatic hydroxyl groups excluding tert-OH is 2. The number of hydrogen-bond donors (Lipinski definition) is 3. The molecular formula is C35H65O10P. The first-order valence-electron chi connectivity index (χ1n) is 17.8. The molecular weight excluding hydrogens is 611 g/mol. The summed E-state index contributed by atoms with van der Waals surface area (Å²) in [4.78, 5) is 34.2. The summed E-state index contributed by atoms with van der Waals surface area (Å²) >= 11 is 0. The van der Waals surface area contributed by atoms with Crippen LogP contribution in [0.3, 0.4) is 0 Å². The largest absolute Gasteiger partial charge is 0.472 e. The van der Waals surface area contributed by atoms with E-state index in [2.05, 4.69) is 38.2 Å². The lowest BCUT2D eigenvalue weighted by Gasteiger charge is -2.20. The minimum atomic E-state index is -4.63. The van der Waals surface area contributed by atoms with E-state index in [-0.39, 0.29) is 12.8 Å². The third kappa shape index (κ3) is 29.8. The van der Waals surface area contributed by atoms with E-state index in [0.717, 1.165) is 83.5 Å². The topological polar surface area (TPSA) is 149 Å². The molecule has 0 saturated heterocycles. The highest BCUT2D eigenvalue weighted by atomic mass is 31.2. The first-order chi connectivity index (χ1) is 22.3. The second kappa shape index (κ2) is 32.0. The summed E-state index contributed by atoms with van der Waals surface area (Å²) in [5.74, 6) is -1.04. The number of ether oxygens (including phenoxy) is 2. The molecule has 270 valence electrons. The monoisotopic (exact) mass is 676 g/mol. The van der Waals surface area contributed by atoms with Gasteiger partial charge in [-0.25, -0.2) is 4.57 Å². The Morgan fingerprint density at radius 2 is 0.935 bits per heavy atom. The third-order valence-corrected chi connectivity index (χ3v) is 8.32. The first kappa shape index (κ1) is 44.5. The molecule has 3 N–H and O–H groups in total. The maximum absolute atomic E-state index is 12.3. The van der Waals surface area contributed by atoms with Crippen LogP contribution in [0.5, 0.6) is 0 Å². The fraction of sp³-hybridized carbons (Fsp3) is 0.829. The first-order valence-corrected chi connectivity index (χ1v) is 19.3. The molecule has 0 rings (SSSR count). The predicted octanol–water partition coefficient (Wildman–Crippen LogP) is 8.27. The highest BCUT2D eigenvalue weighted by Crippen LogP contribution is 2.43. The average molecular weight is 677 g/mol. The van der Waals surface area contributed by atoms with E-state index in [1.165, 1.54) is 25.7 Å². The Bertz CT molecular complexity index is 832. The van der Waals surface area contributed by atoms with E-state index in [0.29, 0.717) is 12.8 Å². The highest BCUT2D eigenvalue weighted by Gasteiger charge is 2.27. The zero-order valence-electron chi connectivity index (χ0n) is 28.8. The number of carbonyl (C=O) groups excluding carboxylic acids is 2. The van der Waals surface area contributed by atoms with E-state index >= 15 is 0 Å². The SMILES string of the molecule is CCC/C=C\CCCCCCCC(=O)OC(CO)COP(=O)(O)OCC(CO)OC(=O)CCCCCCC/C=C\CCCCCC. The van der Waals surface area contributed by atoms with Gasteiger partial charge in [0.05, 0.1) is 26.4 Å². The maximum Gasteiger partial charge on any atom is 0.472 e. The van der Waals surface area contributed by atoms with Gasteiger partial charge in [0.1, 0.15) is 12.2 Å². The number of phosphoric acid groups is 1. The third-order valence-electron chi connectivity index (χ3n) is 7.37. The van der Waals surface area contributed by atoms with Gasteiger partial charge in [-0.2, -0.15) is 0 Å². The molecule has 3 unspecified atom stereocenters. The zero-order valence-corrected chi connectivity index (χ0v) is 29.7. The van der Waals surface area contributed by atoms with Gasteiger partial charge < -0.3 is 24.6 Å². The van der Waals surface area contributed by atoms with Crippen LogP contribution in [-0.2, 0) is 32.7 Å². The van der Waals surface area contributed by atoms with E-state index in [1.807, 2.05) is 0 Å². The van der Waals surface area contributed by atoms with Crippen molar-refractivity contribution in [3.63, 3.8) is 0 Å². The molecule has 3 atom stereocenters. The molecule has 0 aromatic carbocycles. The van der Waals surface area contributed by atoms with Crippen molar-refractivity contribution in [2.24, 2.45) is 0 Å². The highest BCUT2D eigenvalue weighted by molar-refractivity contribution is 7.47. The van der Waals surface area contributed by atoms with Crippen LogP contribution in [0.4, 0.5) is 0 Å². The summed E-state index contributed by atoms with van der Waals surface area (Å²) in [6.07, 6.45) is 27.4. The Balaban J connectivity index is 4.04. The molecule has 0 radical (unpaired) electrons. The molecule has 0 bridgehead atoms. The van der Waals surface area contributed by atoms with Gasteiger partial charge in [-0.05, 0) is 57.8 Å². The molecule has 0 aliphatic rings. The number of hydrogen-bond acceptors (Lipinski definition) is 9. The Hall–Kier alpha value is -1.55. The summed E-state index contributed by atoms with van der Waals surface area (Å²) in [6.45, 7) is 2.08. The van der Waals surface area contributed by atoms with Crippen LogP contribution in [-0.4, -0.2) is 65.7 Å². The molecule has 0 aromatic heterocycles. The Kier molecular flexibility index (Phi) is 30.9. The molecule has 11 heteroatoms. The molecule has 0 aliphatic heterocycles. The van der Waals surface area contributed by atoms with Crippen molar-refractivity contribution in [1.29, 1.82) is 0 Å². The van der Waals surface area contributed by atoms with Crippen molar-refractivity contribution in [3.05, 3.63) is 24.3 Å². The van der Waals surface area contributed by atoms with Crippen LogP contribution in [0.15, 0.2) is 24.3 Å². The van der Waals surface area contributed by atoms with E-state index < -0.39 is 58.4 Å². The number of allylic oxidation sites excluding steroid dienone is 4. The molecule has 0 saturated carbocycles. The number of rotatable bonds is 33. The van der Waals surface area contributed by atoms with Gasteiger partial charge in [-0.3, -0.25) is 18.6 Å². The summed E-state index contributed by atoms with van der Waals surface area (Å²) in [6, 6.07) is 0. The van der Waals surface area contributed by atoms with Crippen LogP contribution >= 0.6 is 7.82 Å². The van der Waals surface area contributed by atoms with Crippen molar-refractivity contribution in [1.82, 2.24) is 0 Å². The second-order valence-corrected chi connectivity index (χ2v) is 13.3. The Morgan fingerprint density at radius 3 is 1.33 bits per heavy atom. The number of aliphatic hydroxyl groups is 2. The lowest BCUT2D eigenvalue weighted by atomic mass is 10.1. The van der Waals surface area contributed by atoms with Crippen LogP contribution in [0.2, 0.25) is 0 Å². The standard InChI is InChI=1S/C35H65O10P/c1-3-5-7-9-11-13-15-16-17-19-21-23-25-27-35(39)45-33(29-37)31-43-46(40,41)42-30-32(28-36)44-34(38)26-24-22-20-18-14-12-10-8-6-4-2/h8,10,13,15,32-33,36-37H,3-7,9,11-12,14,16-31H2,1-2H3,(H,40,41)/b10-8-,15-13-. The van der Waals surface area contributed by atoms with Crippen molar-refractivity contribution in [3.8, 4) is 0 Å². The summed E-state index contributed by atoms with van der Waals surface area (Å²) in [5, 5.41) is 19.0. The Morgan fingerprint density at radius 1 is 0.565 bits per heavy atom.